The van der Waals surface area contributed by atoms with Gasteiger partial charge in [-0.1, -0.05) is 6.92 Å². The lowest BCUT2D eigenvalue weighted by atomic mass is 10.1. The molecule has 0 saturated carbocycles. The van der Waals surface area contributed by atoms with Crippen molar-refractivity contribution in [1.82, 2.24) is 4.90 Å². The second-order valence-corrected chi connectivity index (χ2v) is 4.11. The van der Waals surface area contributed by atoms with Gasteiger partial charge in [-0.25, -0.2) is 0 Å². The molecule has 14 heavy (non-hydrogen) atoms. The van der Waals surface area contributed by atoms with Crippen LogP contribution in [0.25, 0.3) is 0 Å². The molecule has 1 rings (SSSR count). The Morgan fingerprint density at radius 3 is 3.00 bits per heavy atom. The van der Waals surface area contributed by atoms with Crippen LogP contribution in [0.3, 0.4) is 0 Å². The van der Waals surface area contributed by atoms with Gasteiger partial charge in [-0.3, -0.25) is 4.79 Å². The molecule has 0 bridgehead atoms. The van der Waals surface area contributed by atoms with Gasteiger partial charge in [0.1, 0.15) is 0 Å². The predicted octanol–water partition coefficient (Wildman–Crippen LogP) is -0.0454. The van der Waals surface area contributed by atoms with Crippen LogP contribution in [0.2, 0.25) is 0 Å². The van der Waals surface area contributed by atoms with Crippen LogP contribution in [0.4, 0.5) is 0 Å². The number of carbonyl (C=O) groups excluding carboxylic acids is 1. The lowest BCUT2D eigenvalue weighted by Gasteiger charge is -2.24. The molecular weight excluding hydrogens is 180 g/mol. The van der Waals surface area contributed by atoms with Crippen molar-refractivity contribution in [2.24, 2.45) is 11.7 Å². The fraction of sp³-hybridized carbons (Fsp3) is 0.900. The van der Waals surface area contributed by atoms with Crippen molar-refractivity contribution in [2.75, 3.05) is 19.7 Å². The van der Waals surface area contributed by atoms with Gasteiger partial charge in [0.2, 0.25) is 5.91 Å². The van der Waals surface area contributed by atoms with Gasteiger partial charge < -0.3 is 15.7 Å². The summed E-state index contributed by atoms with van der Waals surface area (Å²) in [5.74, 6) is 0.377. The first-order valence-electron chi connectivity index (χ1n) is 5.29. The van der Waals surface area contributed by atoms with Crippen molar-refractivity contribution in [3.63, 3.8) is 0 Å². The molecule has 0 aromatic carbocycles. The highest BCUT2D eigenvalue weighted by molar-refractivity contribution is 5.77. The number of rotatable bonds is 4. The third kappa shape index (κ3) is 2.69. The molecule has 1 unspecified atom stereocenters. The molecule has 0 radical (unpaired) electrons. The molecule has 4 heteroatoms. The van der Waals surface area contributed by atoms with Gasteiger partial charge in [-0.05, 0) is 25.3 Å². The first-order valence-corrected chi connectivity index (χ1v) is 5.29. The Hall–Kier alpha value is -0.610. The monoisotopic (exact) mass is 200 g/mol. The molecule has 4 nitrogen and oxygen atoms in total. The van der Waals surface area contributed by atoms with E-state index < -0.39 is 0 Å². The molecular formula is C10H20N2O2. The fourth-order valence-electron chi connectivity index (χ4n) is 1.85. The van der Waals surface area contributed by atoms with Crippen molar-refractivity contribution in [3.05, 3.63) is 0 Å². The Morgan fingerprint density at radius 1 is 1.71 bits per heavy atom. The molecule has 0 aliphatic carbocycles. The predicted molar refractivity (Wildman–Crippen MR) is 54.7 cm³/mol. The first kappa shape index (κ1) is 11.5. The smallest absolute Gasteiger partial charge is 0.223 e. The Balaban J connectivity index is 2.43. The molecule has 0 aromatic heterocycles. The molecule has 0 aromatic rings. The zero-order chi connectivity index (χ0) is 10.6. The first-order chi connectivity index (χ1) is 6.69. The maximum Gasteiger partial charge on any atom is 0.223 e. The maximum atomic E-state index is 11.7. The van der Waals surface area contributed by atoms with E-state index in [-0.39, 0.29) is 24.5 Å². The normalized spacial score (nSPS) is 23.9. The third-order valence-corrected chi connectivity index (χ3v) is 2.83. The van der Waals surface area contributed by atoms with E-state index >= 15 is 0 Å². The number of likely N-dealkylation sites (tertiary alicyclic amines) is 1. The summed E-state index contributed by atoms with van der Waals surface area (Å²) >= 11 is 0. The number of amides is 1. The van der Waals surface area contributed by atoms with E-state index in [1.54, 1.807) is 4.90 Å². The van der Waals surface area contributed by atoms with Crippen LogP contribution in [0, 0.1) is 5.92 Å². The summed E-state index contributed by atoms with van der Waals surface area (Å²) < 4.78 is 0. The molecule has 1 saturated heterocycles. The SMILES string of the molecule is CC(CN)CC(=O)N1CCC[C@H]1CO. The summed E-state index contributed by atoms with van der Waals surface area (Å²) in [7, 11) is 0. The summed E-state index contributed by atoms with van der Waals surface area (Å²) in [6.45, 7) is 3.40. The highest BCUT2D eigenvalue weighted by atomic mass is 16.3. The standard InChI is InChI=1S/C10H20N2O2/c1-8(6-11)5-10(14)12-4-2-3-9(12)7-13/h8-9,13H,2-7,11H2,1H3/t8?,9-/m0/s1. The lowest BCUT2D eigenvalue weighted by Crippen LogP contribution is -2.38. The zero-order valence-electron chi connectivity index (χ0n) is 8.78. The van der Waals surface area contributed by atoms with Crippen molar-refractivity contribution < 1.29 is 9.90 Å². The van der Waals surface area contributed by atoms with Crippen molar-refractivity contribution in [2.45, 2.75) is 32.2 Å². The van der Waals surface area contributed by atoms with E-state index in [4.69, 9.17) is 10.8 Å². The van der Waals surface area contributed by atoms with Crippen LogP contribution < -0.4 is 5.73 Å². The number of aliphatic hydroxyl groups excluding tert-OH is 1. The van der Waals surface area contributed by atoms with Gasteiger partial charge in [0.25, 0.3) is 0 Å². The summed E-state index contributed by atoms with van der Waals surface area (Å²) in [6, 6.07) is 0.0486. The van der Waals surface area contributed by atoms with Crippen LogP contribution >= 0.6 is 0 Å². The minimum atomic E-state index is 0.0486. The van der Waals surface area contributed by atoms with Gasteiger partial charge in [0, 0.05) is 13.0 Å². The molecule has 2 atom stereocenters. The van der Waals surface area contributed by atoms with E-state index in [2.05, 4.69) is 0 Å². The largest absolute Gasteiger partial charge is 0.394 e. The third-order valence-electron chi connectivity index (χ3n) is 2.83. The highest BCUT2D eigenvalue weighted by Gasteiger charge is 2.28. The van der Waals surface area contributed by atoms with E-state index in [9.17, 15) is 4.79 Å². The highest BCUT2D eigenvalue weighted by Crippen LogP contribution is 2.18. The summed E-state index contributed by atoms with van der Waals surface area (Å²) in [5, 5.41) is 9.06. The van der Waals surface area contributed by atoms with Gasteiger partial charge in [0.05, 0.1) is 12.6 Å². The Bertz CT molecular complexity index is 197. The van der Waals surface area contributed by atoms with E-state index in [1.807, 2.05) is 6.92 Å². The molecule has 1 aliphatic rings. The second kappa shape index (κ2) is 5.32. The van der Waals surface area contributed by atoms with E-state index in [1.165, 1.54) is 0 Å². The molecule has 82 valence electrons. The van der Waals surface area contributed by atoms with Crippen LogP contribution in [-0.4, -0.2) is 41.7 Å². The van der Waals surface area contributed by atoms with Crippen LogP contribution in [0.5, 0.6) is 0 Å². The molecule has 1 amide bonds. The summed E-state index contributed by atoms with van der Waals surface area (Å²) in [4.78, 5) is 13.5. The number of aliphatic hydroxyl groups is 1. The second-order valence-electron chi connectivity index (χ2n) is 4.11. The number of hydrogen-bond acceptors (Lipinski definition) is 3. The minimum Gasteiger partial charge on any atom is -0.394 e. The van der Waals surface area contributed by atoms with E-state index in [0.717, 1.165) is 19.4 Å². The van der Waals surface area contributed by atoms with Crippen LogP contribution in [0.1, 0.15) is 26.2 Å². The zero-order valence-corrected chi connectivity index (χ0v) is 8.78. The molecule has 1 fully saturated rings. The van der Waals surface area contributed by atoms with Gasteiger partial charge in [-0.15, -0.1) is 0 Å². The van der Waals surface area contributed by atoms with Gasteiger partial charge in [-0.2, -0.15) is 0 Å². The van der Waals surface area contributed by atoms with Crippen molar-refractivity contribution >= 4 is 5.91 Å². The fourth-order valence-corrected chi connectivity index (χ4v) is 1.85. The topological polar surface area (TPSA) is 66.6 Å². The lowest BCUT2D eigenvalue weighted by molar-refractivity contribution is -0.133. The molecule has 3 N–H and O–H groups in total. The Kier molecular flexibility index (Phi) is 4.35. The minimum absolute atomic E-state index is 0.0486. The van der Waals surface area contributed by atoms with Gasteiger partial charge in [0.15, 0.2) is 0 Å². The summed E-state index contributed by atoms with van der Waals surface area (Å²) in [6.07, 6.45) is 2.44. The maximum absolute atomic E-state index is 11.7. The number of nitrogens with two attached hydrogens (primary N) is 1. The van der Waals surface area contributed by atoms with Crippen molar-refractivity contribution in [1.29, 1.82) is 0 Å². The quantitative estimate of drug-likeness (QED) is 0.669. The number of nitrogens with zero attached hydrogens (tertiary/aromatic N) is 1. The number of carbonyl (C=O) groups is 1. The van der Waals surface area contributed by atoms with E-state index in [0.29, 0.717) is 13.0 Å². The Labute approximate surface area is 85.1 Å². The summed E-state index contributed by atoms with van der Waals surface area (Å²) in [5.41, 5.74) is 5.47. The number of hydrogen-bond donors (Lipinski definition) is 2. The molecule has 1 aliphatic heterocycles. The van der Waals surface area contributed by atoms with Gasteiger partial charge >= 0.3 is 0 Å². The molecule has 1 heterocycles. The molecule has 0 spiro atoms. The average molecular weight is 200 g/mol. The van der Waals surface area contributed by atoms with Crippen LogP contribution in [0.15, 0.2) is 0 Å². The average Bonchev–Trinajstić information content (AvgIpc) is 2.65. The van der Waals surface area contributed by atoms with Crippen LogP contribution in [-0.2, 0) is 4.79 Å². The van der Waals surface area contributed by atoms with Crippen molar-refractivity contribution in [3.8, 4) is 0 Å². The Morgan fingerprint density at radius 2 is 2.43 bits per heavy atom.